The second-order valence-electron chi connectivity index (χ2n) is 5.02. The number of hydrogen-bond donors (Lipinski definition) is 1. The highest BCUT2D eigenvalue weighted by atomic mass is 35.5. The quantitative estimate of drug-likeness (QED) is 0.794. The van der Waals surface area contributed by atoms with Crippen molar-refractivity contribution >= 4 is 11.6 Å². The van der Waals surface area contributed by atoms with Gasteiger partial charge in [0.15, 0.2) is 0 Å². The molecule has 88 valence electrons. The molecular formula is C12H13ClF2O. The van der Waals surface area contributed by atoms with E-state index >= 15 is 0 Å². The Labute approximate surface area is 98.0 Å². The van der Waals surface area contributed by atoms with Gasteiger partial charge in [0.1, 0.15) is 11.6 Å². The van der Waals surface area contributed by atoms with Gasteiger partial charge in [-0.05, 0) is 24.0 Å². The van der Waals surface area contributed by atoms with Gasteiger partial charge in [0.25, 0.3) is 0 Å². The summed E-state index contributed by atoms with van der Waals surface area (Å²) < 4.78 is 27.5. The minimum Gasteiger partial charge on any atom is -0.395 e. The molecular weight excluding hydrogens is 234 g/mol. The number of aliphatic hydroxyl groups excluding tert-OH is 1. The van der Waals surface area contributed by atoms with Gasteiger partial charge in [0.05, 0.1) is 11.6 Å². The van der Waals surface area contributed by atoms with E-state index in [1.54, 1.807) is 0 Å². The average Bonchev–Trinajstić information content (AvgIpc) is 2.77. The van der Waals surface area contributed by atoms with Gasteiger partial charge in [-0.3, -0.25) is 0 Å². The van der Waals surface area contributed by atoms with E-state index in [4.69, 9.17) is 11.6 Å². The maximum Gasteiger partial charge on any atom is 0.148 e. The third-order valence-corrected chi connectivity index (χ3v) is 4.00. The maximum absolute atomic E-state index is 13.8. The van der Waals surface area contributed by atoms with Crippen LogP contribution in [0.1, 0.15) is 25.8 Å². The smallest absolute Gasteiger partial charge is 0.148 e. The van der Waals surface area contributed by atoms with Crippen LogP contribution < -0.4 is 0 Å². The van der Waals surface area contributed by atoms with Crippen LogP contribution in [-0.4, -0.2) is 11.7 Å². The maximum atomic E-state index is 13.8. The van der Waals surface area contributed by atoms with Crippen molar-refractivity contribution in [3.63, 3.8) is 0 Å². The zero-order valence-electron chi connectivity index (χ0n) is 9.15. The predicted octanol–water partition coefficient (Wildman–Crippen LogP) is 3.28. The van der Waals surface area contributed by atoms with Crippen LogP contribution in [0.25, 0.3) is 0 Å². The largest absolute Gasteiger partial charge is 0.395 e. The van der Waals surface area contributed by atoms with Gasteiger partial charge in [0, 0.05) is 11.0 Å². The fraction of sp³-hybridized carbons (Fsp3) is 0.500. The highest BCUT2D eigenvalue weighted by Gasteiger charge is 2.63. The van der Waals surface area contributed by atoms with E-state index in [0.29, 0.717) is 6.42 Å². The molecule has 1 saturated carbocycles. The van der Waals surface area contributed by atoms with E-state index < -0.39 is 17.0 Å². The van der Waals surface area contributed by atoms with Crippen molar-refractivity contribution in [1.82, 2.24) is 0 Å². The number of aliphatic hydroxyl groups is 1. The molecule has 1 aliphatic rings. The van der Waals surface area contributed by atoms with E-state index in [9.17, 15) is 13.9 Å². The van der Waals surface area contributed by atoms with E-state index in [2.05, 4.69) is 0 Å². The predicted molar refractivity (Wildman–Crippen MR) is 58.5 cm³/mol. The minimum atomic E-state index is -0.827. The summed E-state index contributed by atoms with van der Waals surface area (Å²) in [4.78, 5) is 0. The Balaban J connectivity index is 2.61. The molecule has 0 heterocycles. The lowest BCUT2D eigenvalue weighted by atomic mass is 9.88. The molecule has 4 heteroatoms. The summed E-state index contributed by atoms with van der Waals surface area (Å²) in [6, 6.07) is 2.34. The van der Waals surface area contributed by atoms with Crippen molar-refractivity contribution in [3.8, 4) is 0 Å². The normalized spacial score (nSPS) is 26.9. The van der Waals surface area contributed by atoms with Crippen LogP contribution in [0.3, 0.4) is 0 Å². The molecule has 1 aromatic carbocycles. The zero-order valence-corrected chi connectivity index (χ0v) is 9.91. The van der Waals surface area contributed by atoms with Crippen molar-refractivity contribution in [2.45, 2.75) is 25.7 Å². The van der Waals surface area contributed by atoms with Gasteiger partial charge in [-0.2, -0.15) is 0 Å². The fourth-order valence-corrected chi connectivity index (χ4v) is 2.61. The molecule has 2 rings (SSSR count). The highest BCUT2D eigenvalue weighted by molar-refractivity contribution is 6.30. The summed E-state index contributed by atoms with van der Waals surface area (Å²) in [5.74, 6) is -1.39. The van der Waals surface area contributed by atoms with E-state index in [1.165, 1.54) is 6.07 Å². The summed E-state index contributed by atoms with van der Waals surface area (Å²) in [7, 11) is 0. The van der Waals surface area contributed by atoms with Crippen LogP contribution in [0.5, 0.6) is 0 Å². The first-order chi connectivity index (χ1) is 7.35. The third kappa shape index (κ3) is 1.38. The molecule has 1 N–H and O–H groups in total. The molecule has 1 aliphatic carbocycles. The van der Waals surface area contributed by atoms with Crippen molar-refractivity contribution in [1.29, 1.82) is 0 Å². The van der Waals surface area contributed by atoms with Gasteiger partial charge in [-0.25, -0.2) is 8.78 Å². The lowest BCUT2D eigenvalue weighted by Crippen LogP contribution is -2.22. The van der Waals surface area contributed by atoms with Gasteiger partial charge < -0.3 is 5.11 Å². The van der Waals surface area contributed by atoms with Gasteiger partial charge in [-0.1, -0.05) is 25.4 Å². The zero-order chi connectivity index (χ0) is 12.1. The van der Waals surface area contributed by atoms with Crippen molar-refractivity contribution in [2.24, 2.45) is 5.41 Å². The van der Waals surface area contributed by atoms with E-state index in [0.717, 1.165) is 6.07 Å². The minimum absolute atomic E-state index is 0.0764. The Kier molecular flexibility index (Phi) is 2.52. The van der Waals surface area contributed by atoms with Crippen molar-refractivity contribution in [2.75, 3.05) is 6.61 Å². The van der Waals surface area contributed by atoms with Crippen LogP contribution >= 0.6 is 11.6 Å². The molecule has 0 aliphatic heterocycles. The second-order valence-corrected chi connectivity index (χ2v) is 5.43. The van der Waals surface area contributed by atoms with Gasteiger partial charge in [0.2, 0.25) is 0 Å². The van der Waals surface area contributed by atoms with Gasteiger partial charge in [-0.15, -0.1) is 0 Å². The molecule has 0 aromatic heterocycles. The Bertz CT molecular complexity index is 445. The summed E-state index contributed by atoms with van der Waals surface area (Å²) in [5, 5.41) is 9.30. The molecule has 0 radical (unpaired) electrons. The summed E-state index contributed by atoms with van der Waals surface area (Å²) in [6.45, 7) is 3.49. The molecule has 16 heavy (non-hydrogen) atoms. The topological polar surface area (TPSA) is 20.2 Å². The van der Waals surface area contributed by atoms with Gasteiger partial charge >= 0.3 is 0 Å². The monoisotopic (exact) mass is 246 g/mol. The molecule has 1 nitrogen and oxygen atoms in total. The molecule has 1 atom stereocenters. The molecule has 0 spiro atoms. The lowest BCUT2D eigenvalue weighted by molar-refractivity contribution is 0.224. The Hall–Kier alpha value is -0.670. The summed E-state index contributed by atoms with van der Waals surface area (Å²) >= 11 is 5.65. The third-order valence-electron chi connectivity index (χ3n) is 3.71. The average molecular weight is 247 g/mol. The lowest BCUT2D eigenvalue weighted by Gasteiger charge is -2.20. The molecule has 0 amide bonds. The van der Waals surface area contributed by atoms with Crippen LogP contribution in [0.4, 0.5) is 8.78 Å². The summed E-state index contributed by atoms with van der Waals surface area (Å²) in [5.41, 5.74) is -1.20. The molecule has 1 unspecified atom stereocenters. The van der Waals surface area contributed by atoms with Crippen molar-refractivity contribution in [3.05, 3.63) is 34.4 Å². The van der Waals surface area contributed by atoms with E-state index in [1.807, 2.05) is 13.8 Å². The fourth-order valence-electron chi connectivity index (χ4n) is 2.45. The SMILES string of the molecule is CC1(C)CC1(CO)c1c(F)ccc(Cl)c1F. The molecule has 1 fully saturated rings. The Morgan fingerprint density at radius 3 is 2.38 bits per heavy atom. The standard InChI is InChI=1S/C12H13ClF2O/c1-11(2)5-12(11,6-16)9-8(14)4-3-7(13)10(9)15/h3-4,16H,5-6H2,1-2H3. The number of benzene rings is 1. The number of rotatable bonds is 2. The molecule has 0 saturated heterocycles. The van der Waals surface area contributed by atoms with Crippen LogP contribution in [-0.2, 0) is 5.41 Å². The van der Waals surface area contributed by atoms with Crippen LogP contribution in [0, 0.1) is 17.0 Å². The Morgan fingerprint density at radius 1 is 1.38 bits per heavy atom. The highest BCUT2D eigenvalue weighted by Crippen LogP contribution is 2.65. The van der Waals surface area contributed by atoms with Crippen LogP contribution in [0.15, 0.2) is 12.1 Å². The second kappa shape index (κ2) is 3.41. The number of hydrogen-bond acceptors (Lipinski definition) is 1. The van der Waals surface area contributed by atoms with E-state index in [-0.39, 0.29) is 22.6 Å². The number of halogens is 3. The Morgan fingerprint density at radius 2 is 1.94 bits per heavy atom. The molecule has 0 bridgehead atoms. The first-order valence-corrected chi connectivity index (χ1v) is 5.48. The molecule has 1 aromatic rings. The van der Waals surface area contributed by atoms with Crippen LogP contribution in [0.2, 0.25) is 5.02 Å². The first-order valence-electron chi connectivity index (χ1n) is 5.10. The van der Waals surface area contributed by atoms with Crippen molar-refractivity contribution < 1.29 is 13.9 Å². The first kappa shape index (κ1) is 11.8. The summed E-state index contributed by atoms with van der Waals surface area (Å²) in [6.07, 6.45) is 0.560.